The lowest BCUT2D eigenvalue weighted by molar-refractivity contribution is -0.138. The smallest absolute Gasteiger partial charge is 0.253 e. The molecule has 5 nitrogen and oxygen atoms in total. The normalized spacial score (nSPS) is 19.3. The van der Waals surface area contributed by atoms with E-state index in [1.165, 1.54) is 19.3 Å². The lowest BCUT2D eigenvalue weighted by atomic mass is 9.98. The van der Waals surface area contributed by atoms with E-state index in [4.69, 9.17) is 4.74 Å². The number of aryl methyl sites for hydroxylation is 1. The quantitative estimate of drug-likeness (QED) is 0.831. The third-order valence-electron chi connectivity index (χ3n) is 5.40. The van der Waals surface area contributed by atoms with Crippen molar-refractivity contribution in [3.05, 3.63) is 35.4 Å². The van der Waals surface area contributed by atoms with Gasteiger partial charge in [-0.25, -0.2) is 0 Å². The second-order valence-corrected chi connectivity index (χ2v) is 7.47. The highest BCUT2D eigenvalue weighted by Crippen LogP contribution is 2.20. The first-order chi connectivity index (χ1) is 12.6. The predicted molar refractivity (Wildman–Crippen MR) is 101 cm³/mol. The summed E-state index contributed by atoms with van der Waals surface area (Å²) >= 11 is 0. The Morgan fingerprint density at radius 2 is 1.73 bits per heavy atom. The maximum atomic E-state index is 12.7. The van der Waals surface area contributed by atoms with Crippen LogP contribution in [-0.4, -0.2) is 60.5 Å². The zero-order valence-electron chi connectivity index (χ0n) is 15.8. The number of hydrogen-bond acceptors (Lipinski definition) is 3. The van der Waals surface area contributed by atoms with Crippen LogP contribution in [0.5, 0.6) is 0 Å². The number of amides is 2. The van der Waals surface area contributed by atoms with E-state index >= 15 is 0 Å². The minimum Gasteiger partial charge on any atom is -0.368 e. The predicted octanol–water partition coefficient (Wildman–Crippen LogP) is 3.02. The molecule has 0 atom stereocenters. The van der Waals surface area contributed by atoms with Crippen LogP contribution < -0.4 is 0 Å². The van der Waals surface area contributed by atoms with Crippen LogP contribution in [0.15, 0.2) is 24.3 Å². The fourth-order valence-electron chi connectivity index (χ4n) is 3.84. The Balaban J connectivity index is 1.49. The summed E-state index contributed by atoms with van der Waals surface area (Å²) in [6.07, 6.45) is 6.91. The van der Waals surface area contributed by atoms with Crippen molar-refractivity contribution in [2.24, 2.45) is 0 Å². The van der Waals surface area contributed by atoms with E-state index in [1.807, 2.05) is 41.0 Å². The van der Waals surface area contributed by atoms with Gasteiger partial charge in [0.25, 0.3) is 5.91 Å². The van der Waals surface area contributed by atoms with E-state index in [0.29, 0.717) is 26.2 Å². The molecule has 1 heterocycles. The number of hydrogen-bond donors (Lipinski definition) is 0. The maximum absolute atomic E-state index is 12.7. The van der Waals surface area contributed by atoms with E-state index < -0.39 is 0 Å². The SMILES string of the molecule is Cc1cccc(C(=O)N2CCCN(C(=O)COC3CCCCC3)CC2)c1. The zero-order valence-corrected chi connectivity index (χ0v) is 15.8. The number of nitrogens with zero attached hydrogens (tertiary/aromatic N) is 2. The van der Waals surface area contributed by atoms with Crippen molar-refractivity contribution >= 4 is 11.8 Å². The molecule has 1 aromatic rings. The summed E-state index contributed by atoms with van der Waals surface area (Å²) in [5.41, 5.74) is 1.81. The Morgan fingerprint density at radius 3 is 2.50 bits per heavy atom. The van der Waals surface area contributed by atoms with Crippen LogP contribution in [0.4, 0.5) is 0 Å². The van der Waals surface area contributed by atoms with Crippen LogP contribution in [0.25, 0.3) is 0 Å². The Labute approximate surface area is 156 Å². The molecule has 1 saturated carbocycles. The summed E-state index contributed by atoms with van der Waals surface area (Å²) < 4.78 is 5.82. The van der Waals surface area contributed by atoms with Gasteiger partial charge in [0.1, 0.15) is 6.61 Å². The lowest BCUT2D eigenvalue weighted by Crippen LogP contribution is -2.39. The molecule has 26 heavy (non-hydrogen) atoms. The van der Waals surface area contributed by atoms with E-state index in [2.05, 4.69) is 0 Å². The molecule has 1 aromatic carbocycles. The second-order valence-electron chi connectivity index (χ2n) is 7.47. The highest BCUT2D eigenvalue weighted by molar-refractivity contribution is 5.94. The molecule has 1 aliphatic heterocycles. The summed E-state index contributed by atoms with van der Waals surface area (Å²) in [5.74, 6) is 0.113. The van der Waals surface area contributed by atoms with Gasteiger partial charge in [-0.05, 0) is 38.3 Å². The van der Waals surface area contributed by atoms with Gasteiger partial charge in [0, 0.05) is 31.7 Å². The Kier molecular flexibility index (Phi) is 6.67. The van der Waals surface area contributed by atoms with E-state index in [0.717, 1.165) is 30.4 Å². The van der Waals surface area contributed by atoms with Gasteiger partial charge >= 0.3 is 0 Å². The first kappa shape index (κ1) is 18.9. The van der Waals surface area contributed by atoms with Crippen molar-refractivity contribution in [1.29, 1.82) is 0 Å². The van der Waals surface area contributed by atoms with Crippen LogP contribution in [-0.2, 0) is 9.53 Å². The summed E-state index contributed by atoms with van der Waals surface area (Å²) in [6.45, 7) is 4.74. The summed E-state index contributed by atoms with van der Waals surface area (Å²) in [5, 5.41) is 0. The average Bonchev–Trinajstić information content (AvgIpc) is 2.92. The van der Waals surface area contributed by atoms with E-state index in [1.54, 1.807) is 0 Å². The number of rotatable bonds is 4. The van der Waals surface area contributed by atoms with Gasteiger partial charge in [0.15, 0.2) is 0 Å². The Bertz CT molecular complexity index is 625. The van der Waals surface area contributed by atoms with Gasteiger partial charge in [-0.2, -0.15) is 0 Å². The lowest BCUT2D eigenvalue weighted by Gasteiger charge is -2.25. The van der Waals surface area contributed by atoms with Crippen molar-refractivity contribution in [3.63, 3.8) is 0 Å². The molecular formula is C21H30N2O3. The van der Waals surface area contributed by atoms with Gasteiger partial charge in [-0.1, -0.05) is 37.0 Å². The highest BCUT2D eigenvalue weighted by Gasteiger charge is 2.24. The third kappa shape index (κ3) is 5.07. The molecule has 3 rings (SSSR count). The number of ether oxygens (including phenoxy) is 1. The molecule has 2 aliphatic rings. The molecule has 1 saturated heterocycles. The summed E-state index contributed by atoms with van der Waals surface area (Å²) in [6, 6.07) is 7.69. The Morgan fingerprint density at radius 1 is 1.00 bits per heavy atom. The van der Waals surface area contributed by atoms with Crippen LogP contribution in [0.2, 0.25) is 0 Å². The summed E-state index contributed by atoms with van der Waals surface area (Å²) in [7, 11) is 0. The maximum Gasteiger partial charge on any atom is 0.253 e. The minimum atomic E-state index is 0.0560. The molecular weight excluding hydrogens is 328 g/mol. The minimum absolute atomic E-state index is 0.0560. The monoisotopic (exact) mass is 358 g/mol. The fraction of sp³-hybridized carbons (Fsp3) is 0.619. The molecule has 1 aliphatic carbocycles. The molecule has 2 fully saturated rings. The van der Waals surface area contributed by atoms with Crippen molar-refractivity contribution < 1.29 is 14.3 Å². The van der Waals surface area contributed by atoms with Crippen molar-refractivity contribution in [1.82, 2.24) is 9.80 Å². The molecule has 5 heteroatoms. The molecule has 2 amide bonds. The number of carbonyl (C=O) groups excluding carboxylic acids is 2. The van der Waals surface area contributed by atoms with Crippen LogP contribution in [0.1, 0.15) is 54.4 Å². The third-order valence-corrected chi connectivity index (χ3v) is 5.40. The molecule has 0 unspecified atom stereocenters. The zero-order chi connectivity index (χ0) is 18.4. The van der Waals surface area contributed by atoms with Gasteiger partial charge in [0.2, 0.25) is 5.91 Å². The first-order valence-corrected chi connectivity index (χ1v) is 9.89. The molecule has 0 spiro atoms. The van der Waals surface area contributed by atoms with Crippen molar-refractivity contribution in [2.75, 3.05) is 32.8 Å². The van der Waals surface area contributed by atoms with Crippen LogP contribution >= 0.6 is 0 Å². The first-order valence-electron chi connectivity index (χ1n) is 9.89. The van der Waals surface area contributed by atoms with Gasteiger partial charge < -0.3 is 14.5 Å². The molecule has 0 aromatic heterocycles. The second kappa shape index (κ2) is 9.17. The van der Waals surface area contributed by atoms with Gasteiger partial charge in [-0.15, -0.1) is 0 Å². The topological polar surface area (TPSA) is 49.9 Å². The Hall–Kier alpha value is -1.88. The van der Waals surface area contributed by atoms with E-state index in [9.17, 15) is 9.59 Å². The molecule has 142 valence electrons. The number of carbonyl (C=O) groups is 2. The summed E-state index contributed by atoms with van der Waals surface area (Å²) in [4.78, 5) is 28.9. The molecule has 0 N–H and O–H groups in total. The highest BCUT2D eigenvalue weighted by atomic mass is 16.5. The largest absolute Gasteiger partial charge is 0.368 e. The fourth-order valence-corrected chi connectivity index (χ4v) is 3.84. The van der Waals surface area contributed by atoms with Crippen molar-refractivity contribution in [3.8, 4) is 0 Å². The molecule has 0 radical (unpaired) electrons. The average molecular weight is 358 g/mol. The molecule has 0 bridgehead atoms. The van der Waals surface area contributed by atoms with Crippen LogP contribution in [0, 0.1) is 6.92 Å². The standard InChI is InChI=1S/C21H30N2O3/c1-17-7-5-8-18(15-17)21(25)23-12-6-11-22(13-14-23)20(24)16-26-19-9-3-2-4-10-19/h5,7-8,15,19H,2-4,6,9-14,16H2,1H3. The van der Waals surface area contributed by atoms with E-state index in [-0.39, 0.29) is 24.5 Å². The van der Waals surface area contributed by atoms with Gasteiger partial charge in [-0.3, -0.25) is 9.59 Å². The number of benzene rings is 1. The van der Waals surface area contributed by atoms with Crippen molar-refractivity contribution in [2.45, 2.75) is 51.6 Å². The van der Waals surface area contributed by atoms with Crippen LogP contribution in [0.3, 0.4) is 0 Å². The van der Waals surface area contributed by atoms with Gasteiger partial charge in [0.05, 0.1) is 6.10 Å².